The Hall–Kier alpha value is -9.30. The lowest BCUT2D eigenvalue weighted by Gasteiger charge is -2.34. The van der Waals surface area contributed by atoms with E-state index in [4.69, 9.17) is 20.6 Å². The Morgan fingerprint density at radius 2 is 0.904 bits per heavy atom. The number of para-hydroxylation sites is 1. The van der Waals surface area contributed by atoms with Crippen molar-refractivity contribution in [1.82, 2.24) is 0 Å². The van der Waals surface area contributed by atoms with E-state index in [1.165, 1.54) is 24.3 Å². The Morgan fingerprint density at radius 3 is 1.73 bits per heavy atom. The summed E-state index contributed by atoms with van der Waals surface area (Å²) in [5.74, 6) is 0. The zero-order valence-corrected chi connectivity index (χ0v) is 37.3. The molecule has 340 valence electrons. The molecule has 0 bridgehead atoms. The zero-order valence-electron chi connectivity index (χ0n) is 73.3. The van der Waals surface area contributed by atoms with Gasteiger partial charge in [0, 0.05) is 17.1 Å². The smallest absolute Gasteiger partial charge is 0.0726 e. The first kappa shape index (κ1) is 19.4. The number of hydrogen-bond donors (Lipinski definition) is 0. The van der Waals surface area contributed by atoms with Crippen molar-refractivity contribution in [3.63, 3.8) is 0 Å². The van der Waals surface area contributed by atoms with Gasteiger partial charge in [0.1, 0.15) is 0 Å². The second-order valence-corrected chi connectivity index (χ2v) is 17.1. The first-order valence-corrected chi connectivity index (χ1v) is 22.5. The molecular weight excluding hydrogens is 879 g/mol. The SMILES string of the molecule is [2H]c1ccc(C2(c3c([2H])c([2H])c([2H])c([2H])c3[2H])c3cc(-c4c(-c5c([2H])c([2H])c(N(c6ccc7c(c6[2H])C6(c8cc([2H])c([2H])c([2H])c8-7)c7cc([2H])c([2H])c([2H])c7-c7c([2H])ccc([2H])c76)c6c([2H])c([2H])c([2H])c([2H])c6[2H])c([2H])c5[2H])c([2H])c([2H])c5c([2H])c([2H])ccc45)c([2H])c([2H])c3-c3c([2H])c([2H])c([2H])c([2H])c32)c([2H])c1[2H]. The molecule has 0 saturated carbocycles. The number of nitrogens with zero attached hydrogens (tertiary/aromatic N) is 1. The summed E-state index contributed by atoms with van der Waals surface area (Å²) in [6.07, 6.45) is 0. The summed E-state index contributed by atoms with van der Waals surface area (Å²) in [4.78, 5) is 0.642. The fourth-order valence-corrected chi connectivity index (χ4v) is 10.9. The van der Waals surface area contributed by atoms with Crippen LogP contribution in [0.1, 0.15) is 93.9 Å². The molecule has 1 spiro atoms. The maximum atomic E-state index is 10.7. The molecule has 0 heterocycles. The lowest BCUT2D eigenvalue weighted by atomic mass is 9.67. The zero-order chi connectivity index (χ0) is 79.4. The van der Waals surface area contributed by atoms with E-state index in [0.29, 0.717) is 4.90 Å². The summed E-state index contributed by atoms with van der Waals surface area (Å²) in [5, 5.41) is -0.944. The van der Waals surface area contributed by atoms with Crippen molar-refractivity contribution in [1.29, 1.82) is 0 Å². The van der Waals surface area contributed by atoms with E-state index in [9.17, 15) is 28.8 Å². The van der Waals surface area contributed by atoms with Crippen molar-refractivity contribution in [2.45, 2.75) is 10.8 Å². The van der Waals surface area contributed by atoms with Gasteiger partial charge in [-0.1, -0.05) is 242 Å². The van der Waals surface area contributed by atoms with Crippen LogP contribution in [0.15, 0.2) is 284 Å². The molecule has 0 aliphatic heterocycles. The Bertz CT molecular complexity index is 6260. The van der Waals surface area contributed by atoms with Crippen molar-refractivity contribution in [3.05, 3.63) is 329 Å². The van der Waals surface area contributed by atoms with E-state index in [-0.39, 0.29) is 56.6 Å². The molecule has 0 fully saturated rings. The second-order valence-electron chi connectivity index (χ2n) is 17.1. The van der Waals surface area contributed by atoms with Gasteiger partial charge < -0.3 is 4.90 Å². The molecule has 0 radical (unpaired) electrons. The first-order valence-electron chi connectivity index (χ1n) is 40.5. The Balaban J connectivity index is 1.09. The van der Waals surface area contributed by atoms with Gasteiger partial charge in [0.25, 0.3) is 0 Å². The highest BCUT2D eigenvalue weighted by Gasteiger charge is 2.52. The van der Waals surface area contributed by atoms with Crippen molar-refractivity contribution in [3.8, 4) is 55.6 Å². The molecule has 15 rings (SSSR count). The Labute approximate surface area is 477 Å². The lowest BCUT2D eigenvalue weighted by Crippen LogP contribution is -2.28. The van der Waals surface area contributed by atoms with Crippen LogP contribution in [0.2, 0.25) is 0 Å². The highest BCUT2D eigenvalue weighted by Crippen LogP contribution is 2.64. The van der Waals surface area contributed by atoms with Gasteiger partial charge in [-0.2, -0.15) is 0 Å². The third-order valence-corrected chi connectivity index (χ3v) is 13.7. The topological polar surface area (TPSA) is 3.24 Å². The van der Waals surface area contributed by atoms with Gasteiger partial charge in [0.05, 0.1) is 60.2 Å². The molecule has 73 heavy (non-hydrogen) atoms. The van der Waals surface area contributed by atoms with Crippen molar-refractivity contribution < 1.29 is 49.3 Å². The number of fused-ring (bicyclic) bond motifs is 14. The van der Waals surface area contributed by atoms with Gasteiger partial charge in [-0.25, -0.2) is 0 Å². The van der Waals surface area contributed by atoms with Gasteiger partial charge in [-0.15, -0.1) is 0 Å². The summed E-state index contributed by atoms with van der Waals surface area (Å²) in [5.41, 5.74) is -16.0. The third kappa shape index (κ3) is 5.85. The monoisotopic (exact) mass is 962 g/mol. The summed E-state index contributed by atoms with van der Waals surface area (Å²) >= 11 is 0. The summed E-state index contributed by atoms with van der Waals surface area (Å²) in [7, 11) is 0. The molecule has 0 N–H and O–H groups in total. The molecule has 12 aromatic carbocycles. The van der Waals surface area contributed by atoms with Crippen LogP contribution in [-0.2, 0) is 10.8 Å². The minimum Gasteiger partial charge on any atom is -0.310 e. The van der Waals surface area contributed by atoms with Crippen LogP contribution >= 0.6 is 0 Å². The fraction of sp³-hybridized carbons (Fsp3) is 0.0278. The van der Waals surface area contributed by atoms with E-state index in [2.05, 4.69) is 0 Å². The Morgan fingerprint density at radius 1 is 0.301 bits per heavy atom. The standard InChI is InChI=1S/C72H47N/c1-4-21-51(22-5-1)71(52-23-6-2-7-24-52)64-32-16-12-30-60(64)62-44-39-50(46-68(62)71)70-56-27-11-10-20-48(56)38-43-57(70)49-36-40-54(41-37-49)73(53-25-8-3-9-26-53)55-42-45-63-61-31-15-19-35-67(61)72(69(63)47-55)65-33-17-13-28-58(65)59-29-14-18-34-66(59)72/h1-47H/i1D,2D,3D,4D,5D,6D,8D,9D,10D,12D,13D,15D,16D,17D,19D,20D,21D,22D,23D,25D,26D,28D,29D,30D,31D,32D,34D,36D,37D,38D,39D,40D,41D,43D,44D,47D. The number of benzene rings is 12. The van der Waals surface area contributed by atoms with Crippen LogP contribution in [0.4, 0.5) is 17.1 Å². The van der Waals surface area contributed by atoms with Crippen LogP contribution < -0.4 is 4.90 Å². The number of rotatable bonds is 7. The van der Waals surface area contributed by atoms with E-state index >= 15 is 0 Å². The molecule has 0 aromatic heterocycles. The molecule has 12 aromatic rings. The van der Waals surface area contributed by atoms with Gasteiger partial charge in [-0.05, 0) is 153 Å². The maximum Gasteiger partial charge on any atom is 0.0726 e. The van der Waals surface area contributed by atoms with E-state index in [1.54, 1.807) is 0 Å². The van der Waals surface area contributed by atoms with Crippen LogP contribution in [0, 0.1) is 0 Å². The maximum absolute atomic E-state index is 10.7. The van der Waals surface area contributed by atoms with Gasteiger partial charge >= 0.3 is 0 Å². The minimum absolute atomic E-state index is 0.0846. The average Bonchev–Trinajstić information content (AvgIpc) is 1.49. The molecule has 3 aliphatic carbocycles. The van der Waals surface area contributed by atoms with Crippen LogP contribution in [-0.4, -0.2) is 0 Å². The highest BCUT2D eigenvalue weighted by molar-refractivity contribution is 6.05. The molecule has 2 atom stereocenters. The molecular formula is C72H47N. The lowest BCUT2D eigenvalue weighted by molar-refractivity contribution is 0.769. The molecule has 1 nitrogen and oxygen atoms in total. The van der Waals surface area contributed by atoms with Crippen molar-refractivity contribution in [2.75, 3.05) is 4.90 Å². The van der Waals surface area contributed by atoms with Crippen LogP contribution in [0.25, 0.3) is 66.4 Å². The Kier molecular flexibility index (Phi) is 4.28. The molecule has 2 unspecified atom stereocenters. The predicted octanol–water partition coefficient (Wildman–Crippen LogP) is 18.4. The average molecular weight is 962 g/mol. The van der Waals surface area contributed by atoms with Crippen LogP contribution in [0.5, 0.6) is 0 Å². The van der Waals surface area contributed by atoms with Gasteiger partial charge in [0.2, 0.25) is 0 Å². The third-order valence-electron chi connectivity index (χ3n) is 13.7. The summed E-state index contributed by atoms with van der Waals surface area (Å²) < 4.78 is 341. The molecule has 3 aliphatic rings. The first-order chi connectivity index (χ1) is 51.1. The van der Waals surface area contributed by atoms with Crippen molar-refractivity contribution in [2.24, 2.45) is 0 Å². The predicted molar refractivity (Wildman–Crippen MR) is 303 cm³/mol. The van der Waals surface area contributed by atoms with Crippen LogP contribution in [0.3, 0.4) is 0 Å². The van der Waals surface area contributed by atoms with E-state index in [1.807, 2.05) is 0 Å². The minimum atomic E-state index is -2.91. The van der Waals surface area contributed by atoms with Crippen molar-refractivity contribution >= 4 is 27.8 Å². The van der Waals surface area contributed by atoms with E-state index in [0.717, 1.165) is 42.5 Å². The normalized spacial score (nSPS) is 23.2. The number of hydrogen-bond acceptors (Lipinski definition) is 1. The number of anilines is 3. The largest absolute Gasteiger partial charge is 0.310 e. The summed E-state index contributed by atoms with van der Waals surface area (Å²) in [6.45, 7) is 0. The quantitative estimate of drug-likeness (QED) is 0.154. The summed E-state index contributed by atoms with van der Waals surface area (Å²) in [6, 6.07) is -19.5. The molecule has 1 heteroatoms. The van der Waals surface area contributed by atoms with E-state index < -0.39 is 300 Å². The van der Waals surface area contributed by atoms with Gasteiger partial charge in [-0.3, -0.25) is 0 Å². The highest BCUT2D eigenvalue weighted by atomic mass is 15.1. The molecule has 0 amide bonds. The fourth-order valence-electron chi connectivity index (χ4n) is 10.9. The van der Waals surface area contributed by atoms with Gasteiger partial charge in [0.15, 0.2) is 0 Å². The molecule has 0 saturated heterocycles. The second kappa shape index (κ2) is 16.1.